The van der Waals surface area contributed by atoms with Gasteiger partial charge in [0.2, 0.25) is 0 Å². The predicted molar refractivity (Wildman–Crippen MR) is 88.3 cm³/mol. The minimum atomic E-state index is -4.66. The largest absolute Gasteiger partial charge is 0.480 e. The summed E-state index contributed by atoms with van der Waals surface area (Å²) in [5.74, 6) is -0.212. The van der Waals surface area contributed by atoms with Gasteiger partial charge in [0, 0.05) is 18.0 Å². The second kappa shape index (κ2) is 6.49. The zero-order valence-electron chi connectivity index (χ0n) is 14.8. The Morgan fingerprint density at radius 3 is 2.50 bits per heavy atom. The number of nitrogens with zero attached hydrogens (tertiary/aromatic N) is 2. The molecule has 1 unspecified atom stereocenters. The molecule has 2 fully saturated rings. The smallest absolute Gasteiger partial charge is 0.417 e. The Bertz CT molecular complexity index is 746. The molecule has 1 saturated heterocycles. The molecule has 1 heterocycles. The van der Waals surface area contributed by atoms with Crippen LogP contribution < -0.4 is 4.74 Å². The van der Waals surface area contributed by atoms with E-state index in [0.717, 1.165) is 37.8 Å². The van der Waals surface area contributed by atoms with Crippen molar-refractivity contribution in [2.75, 3.05) is 6.54 Å². The van der Waals surface area contributed by atoms with Gasteiger partial charge >= 0.3 is 6.18 Å². The van der Waals surface area contributed by atoms with Crippen LogP contribution in [0.5, 0.6) is 5.75 Å². The van der Waals surface area contributed by atoms with Gasteiger partial charge in [-0.3, -0.25) is 4.79 Å². The molecule has 1 aromatic carbocycles. The van der Waals surface area contributed by atoms with Gasteiger partial charge in [-0.05, 0) is 31.0 Å². The monoisotopic (exact) mass is 366 g/mol. The van der Waals surface area contributed by atoms with Crippen molar-refractivity contribution >= 4 is 5.91 Å². The molecule has 1 aliphatic carbocycles. The second-order valence-electron chi connectivity index (χ2n) is 7.71. The lowest BCUT2D eigenvalue weighted by atomic mass is 9.89. The first-order valence-electron chi connectivity index (χ1n) is 8.72. The Balaban J connectivity index is 1.86. The summed E-state index contributed by atoms with van der Waals surface area (Å²) in [7, 11) is 0. The molecule has 0 bridgehead atoms. The van der Waals surface area contributed by atoms with Crippen molar-refractivity contribution in [1.82, 2.24) is 4.90 Å². The summed E-state index contributed by atoms with van der Waals surface area (Å²) in [5, 5.41) is 8.89. The highest BCUT2D eigenvalue weighted by Gasteiger charge is 2.50. The molecular weight excluding hydrogens is 345 g/mol. The van der Waals surface area contributed by atoms with Gasteiger partial charge in [-0.1, -0.05) is 26.7 Å². The molecule has 0 radical (unpaired) electrons. The van der Waals surface area contributed by atoms with Crippen LogP contribution in [0.1, 0.15) is 50.7 Å². The normalized spacial score (nSPS) is 23.3. The molecule has 4 nitrogen and oxygen atoms in total. The van der Waals surface area contributed by atoms with E-state index in [9.17, 15) is 18.0 Å². The van der Waals surface area contributed by atoms with Crippen molar-refractivity contribution in [3.63, 3.8) is 0 Å². The van der Waals surface area contributed by atoms with Crippen LogP contribution in [-0.2, 0) is 11.0 Å². The molecule has 1 aliphatic heterocycles. The van der Waals surface area contributed by atoms with Gasteiger partial charge in [-0.15, -0.1) is 0 Å². The molecule has 1 amide bonds. The van der Waals surface area contributed by atoms with Crippen LogP contribution in [0.3, 0.4) is 0 Å². The molecule has 2 aliphatic rings. The fourth-order valence-electron chi connectivity index (χ4n) is 3.88. The number of halogens is 3. The van der Waals surface area contributed by atoms with Crippen LogP contribution in [-0.4, -0.2) is 29.5 Å². The SMILES string of the molecule is CC1(C)CN(C2CCCC2)C(=O)C1Oc1ccc(C#N)c(C(F)(F)F)c1. The average molecular weight is 366 g/mol. The van der Waals surface area contributed by atoms with Gasteiger partial charge in [0.25, 0.3) is 5.91 Å². The average Bonchev–Trinajstić information content (AvgIpc) is 3.16. The first kappa shape index (κ1) is 18.6. The summed E-state index contributed by atoms with van der Waals surface area (Å²) < 4.78 is 45.2. The van der Waals surface area contributed by atoms with Gasteiger partial charge in [0.05, 0.1) is 17.2 Å². The van der Waals surface area contributed by atoms with Crippen LogP contribution in [0.4, 0.5) is 13.2 Å². The fraction of sp³-hybridized carbons (Fsp3) is 0.579. The van der Waals surface area contributed by atoms with E-state index in [1.165, 1.54) is 6.07 Å². The third-order valence-electron chi connectivity index (χ3n) is 5.23. The van der Waals surface area contributed by atoms with Crippen molar-refractivity contribution in [2.45, 2.75) is 57.9 Å². The molecule has 1 atom stereocenters. The van der Waals surface area contributed by atoms with Crippen molar-refractivity contribution < 1.29 is 22.7 Å². The predicted octanol–water partition coefficient (Wildman–Crippen LogP) is 4.14. The zero-order chi connectivity index (χ0) is 19.1. The lowest BCUT2D eigenvalue weighted by Gasteiger charge is -2.25. The second-order valence-corrected chi connectivity index (χ2v) is 7.71. The number of carbonyl (C=O) groups excluding carboxylic acids is 1. The summed E-state index contributed by atoms with van der Waals surface area (Å²) in [6.45, 7) is 4.31. The molecule has 0 N–H and O–H groups in total. The maximum atomic E-state index is 13.1. The topological polar surface area (TPSA) is 53.3 Å². The third kappa shape index (κ3) is 3.37. The zero-order valence-corrected chi connectivity index (χ0v) is 14.8. The van der Waals surface area contributed by atoms with E-state index < -0.39 is 28.8 Å². The number of nitriles is 1. The summed E-state index contributed by atoms with van der Waals surface area (Å²) in [6.07, 6.45) is -1.39. The molecule has 26 heavy (non-hydrogen) atoms. The Morgan fingerprint density at radius 1 is 1.27 bits per heavy atom. The van der Waals surface area contributed by atoms with Crippen LogP contribution in [0.15, 0.2) is 18.2 Å². The van der Waals surface area contributed by atoms with Crippen molar-refractivity contribution in [2.24, 2.45) is 5.41 Å². The van der Waals surface area contributed by atoms with Crippen LogP contribution in [0, 0.1) is 16.7 Å². The van der Waals surface area contributed by atoms with Crippen molar-refractivity contribution in [3.8, 4) is 11.8 Å². The Morgan fingerprint density at radius 2 is 1.92 bits per heavy atom. The van der Waals surface area contributed by atoms with Gasteiger partial charge in [0.1, 0.15) is 5.75 Å². The lowest BCUT2D eigenvalue weighted by molar-refractivity contribution is -0.138. The number of alkyl halides is 3. The number of rotatable bonds is 3. The van der Waals surface area contributed by atoms with Gasteiger partial charge < -0.3 is 9.64 Å². The number of amides is 1. The summed E-state index contributed by atoms with van der Waals surface area (Å²) in [6, 6.07) is 4.94. The van der Waals surface area contributed by atoms with E-state index in [-0.39, 0.29) is 17.7 Å². The number of ether oxygens (including phenoxy) is 1. The number of likely N-dealkylation sites (tertiary alicyclic amines) is 1. The molecule has 0 spiro atoms. The summed E-state index contributed by atoms with van der Waals surface area (Å²) in [5.41, 5.74) is -2.02. The van der Waals surface area contributed by atoms with Crippen molar-refractivity contribution in [1.29, 1.82) is 5.26 Å². The molecule has 140 valence electrons. The quantitative estimate of drug-likeness (QED) is 0.808. The summed E-state index contributed by atoms with van der Waals surface area (Å²) >= 11 is 0. The fourth-order valence-corrected chi connectivity index (χ4v) is 3.88. The van der Waals surface area contributed by atoms with Crippen molar-refractivity contribution in [3.05, 3.63) is 29.3 Å². The molecule has 3 rings (SSSR count). The number of carbonyl (C=O) groups is 1. The third-order valence-corrected chi connectivity index (χ3v) is 5.23. The van der Waals surface area contributed by atoms with E-state index in [2.05, 4.69) is 0 Å². The molecule has 0 aromatic heterocycles. The first-order valence-corrected chi connectivity index (χ1v) is 8.72. The Kier molecular flexibility index (Phi) is 4.63. The molecular formula is C19H21F3N2O2. The maximum Gasteiger partial charge on any atom is 0.417 e. The number of hydrogen-bond acceptors (Lipinski definition) is 3. The molecule has 7 heteroatoms. The highest BCUT2D eigenvalue weighted by Crippen LogP contribution is 2.39. The Labute approximate surface area is 150 Å². The van der Waals surface area contributed by atoms with Crippen LogP contribution in [0.25, 0.3) is 0 Å². The molecule has 1 aromatic rings. The minimum Gasteiger partial charge on any atom is -0.480 e. The number of hydrogen-bond donors (Lipinski definition) is 0. The van der Waals surface area contributed by atoms with E-state index in [4.69, 9.17) is 10.00 Å². The highest BCUT2D eigenvalue weighted by atomic mass is 19.4. The van der Waals surface area contributed by atoms with Crippen LogP contribution in [0.2, 0.25) is 0 Å². The molecule has 1 saturated carbocycles. The van der Waals surface area contributed by atoms with E-state index in [0.29, 0.717) is 6.54 Å². The van der Waals surface area contributed by atoms with E-state index in [1.54, 1.807) is 6.07 Å². The first-order chi connectivity index (χ1) is 12.1. The van der Waals surface area contributed by atoms with Crippen LogP contribution >= 0.6 is 0 Å². The minimum absolute atomic E-state index is 0.0454. The van der Waals surface area contributed by atoms with Gasteiger partial charge in [-0.25, -0.2) is 0 Å². The standard InChI is InChI=1S/C19H21F3N2O2/c1-18(2)11-24(13-5-3-4-6-13)17(25)16(18)26-14-8-7-12(10-23)15(9-14)19(20,21)22/h7-9,13,16H,3-6,11H2,1-2H3. The number of benzene rings is 1. The van der Waals surface area contributed by atoms with Gasteiger partial charge in [0.15, 0.2) is 6.10 Å². The summed E-state index contributed by atoms with van der Waals surface area (Å²) in [4.78, 5) is 14.7. The van der Waals surface area contributed by atoms with Gasteiger partial charge in [-0.2, -0.15) is 18.4 Å². The highest BCUT2D eigenvalue weighted by molar-refractivity contribution is 5.85. The van der Waals surface area contributed by atoms with E-state index in [1.807, 2.05) is 18.7 Å². The Hall–Kier alpha value is -2.23. The van der Waals surface area contributed by atoms with E-state index >= 15 is 0 Å². The maximum absolute atomic E-state index is 13.1. The lowest BCUT2D eigenvalue weighted by Crippen LogP contribution is -2.39.